The summed E-state index contributed by atoms with van der Waals surface area (Å²) in [5.74, 6) is 5.63. The minimum absolute atomic E-state index is 0.236. The van der Waals surface area contributed by atoms with Gasteiger partial charge in [0.1, 0.15) is 12.3 Å². The number of aromatic amines is 1. The number of carbonyl (C=O) groups is 1. The van der Waals surface area contributed by atoms with Crippen molar-refractivity contribution in [1.29, 1.82) is 0 Å². The molecular weight excluding hydrogens is 282 g/mol. The molecule has 0 aliphatic carbocycles. The Bertz CT molecular complexity index is 709. The van der Waals surface area contributed by atoms with Gasteiger partial charge in [0.25, 0.3) is 5.56 Å². The Hall–Kier alpha value is -3.07. The van der Waals surface area contributed by atoms with E-state index in [-0.39, 0.29) is 12.2 Å². The lowest BCUT2D eigenvalue weighted by Gasteiger charge is -2.05. The zero-order valence-electron chi connectivity index (χ0n) is 11.8. The molecule has 0 aliphatic rings. The standard InChI is InChI=1S/C16H15N3O3/c20-15-11-18-14(10-19-15)8-4-5-9-17-16(21)22-12-13-6-2-1-3-7-13/h1-3,6-7,10-11H,5,9,12H2,(H,17,21)(H,19,20). The van der Waals surface area contributed by atoms with Crippen LogP contribution >= 0.6 is 0 Å². The van der Waals surface area contributed by atoms with Crippen molar-refractivity contribution in [2.24, 2.45) is 0 Å². The number of amides is 1. The normalized spacial score (nSPS) is 9.45. The third kappa shape index (κ3) is 5.51. The summed E-state index contributed by atoms with van der Waals surface area (Å²) in [4.78, 5) is 28.6. The van der Waals surface area contributed by atoms with E-state index in [2.05, 4.69) is 27.1 Å². The van der Waals surface area contributed by atoms with Crippen LogP contribution in [0, 0.1) is 11.8 Å². The van der Waals surface area contributed by atoms with Gasteiger partial charge in [-0.1, -0.05) is 36.3 Å². The topological polar surface area (TPSA) is 84.1 Å². The molecule has 0 saturated carbocycles. The highest BCUT2D eigenvalue weighted by atomic mass is 16.5. The van der Waals surface area contributed by atoms with Crippen molar-refractivity contribution in [3.8, 4) is 11.8 Å². The van der Waals surface area contributed by atoms with Crippen LogP contribution in [-0.2, 0) is 11.3 Å². The van der Waals surface area contributed by atoms with Crippen LogP contribution < -0.4 is 10.9 Å². The summed E-state index contributed by atoms with van der Waals surface area (Å²) in [7, 11) is 0. The molecule has 0 radical (unpaired) electrons. The molecule has 2 rings (SSSR count). The lowest BCUT2D eigenvalue weighted by atomic mass is 10.2. The van der Waals surface area contributed by atoms with Crippen molar-refractivity contribution < 1.29 is 9.53 Å². The molecule has 2 aromatic rings. The maximum Gasteiger partial charge on any atom is 0.407 e. The molecule has 2 N–H and O–H groups in total. The molecule has 6 heteroatoms. The lowest BCUT2D eigenvalue weighted by molar-refractivity contribution is 0.140. The van der Waals surface area contributed by atoms with Gasteiger partial charge in [0.05, 0.1) is 6.20 Å². The second kappa shape index (κ2) is 8.27. The summed E-state index contributed by atoms with van der Waals surface area (Å²) >= 11 is 0. The summed E-state index contributed by atoms with van der Waals surface area (Å²) in [6.45, 7) is 0.615. The lowest BCUT2D eigenvalue weighted by Crippen LogP contribution is -2.24. The Morgan fingerprint density at radius 2 is 2.14 bits per heavy atom. The van der Waals surface area contributed by atoms with Gasteiger partial charge in [-0.15, -0.1) is 0 Å². The number of H-pyrrole nitrogens is 1. The van der Waals surface area contributed by atoms with Crippen LogP contribution in [-0.4, -0.2) is 22.6 Å². The molecule has 0 fully saturated rings. The van der Waals surface area contributed by atoms with Crippen molar-refractivity contribution in [2.45, 2.75) is 13.0 Å². The highest BCUT2D eigenvalue weighted by molar-refractivity contribution is 5.67. The van der Waals surface area contributed by atoms with Crippen LogP contribution in [0.1, 0.15) is 17.7 Å². The molecule has 22 heavy (non-hydrogen) atoms. The van der Waals surface area contributed by atoms with Crippen molar-refractivity contribution in [2.75, 3.05) is 6.54 Å². The van der Waals surface area contributed by atoms with Gasteiger partial charge in [0.2, 0.25) is 0 Å². The number of carbonyl (C=O) groups excluding carboxylic acids is 1. The molecule has 0 unspecified atom stereocenters. The number of aromatic nitrogens is 2. The van der Waals surface area contributed by atoms with Crippen LogP contribution in [0.4, 0.5) is 4.79 Å². The molecule has 1 aromatic heterocycles. The largest absolute Gasteiger partial charge is 0.445 e. The highest BCUT2D eigenvalue weighted by Gasteiger charge is 2.00. The third-order valence-electron chi connectivity index (χ3n) is 2.62. The maximum atomic E-state index is 11.5. The Kier molecular flexibility index (Phi) is 5.76. The van der Waals surface area contributed by atoms with Crippen LogP contribution in [0.5, 0.6) is 0 Å². The first-order chi connectivity index (χ1) is 10.7. The Labute approximate surface area is 127 Å². The zero-order chi connectivity index (χ0) is 15.6. The summed E-state index contributed by atoms with van der Waals surface area (Å²) in [5, 5.41) is 2.61. The fourth-order valence-electron chi connectivity index (χ4n) is 1.56. The van der Waals surface area contributed by atoms with Gasteiger partial charge in [-0.05, 0) is 11.5 Å². The quantitative estimate of drug-likeness (QED) is 0.660. The van der Waals surface area contributed by atoms with Crippen LogP contribution in [0.15, 0.2) is 47.5 Å². The monoisotopic (exact) mass is 297 g/mol. The Morgan fingerprint density at radius 3 is 2.86 bits per heavy atom. The third-order valence-corrected chi connectivity index (χ3v) is 2.62. The molecule has 6 nitrogen and oxygen atoms in total. The average Bonchev–Trinajstić information content (AvgIpc) is 2.55. The molecule has 0 aliphatic heterocycles. The van der Waals surface area contributed by atoms with Crippen LogP contribution in [0.25, 0.3) is 0 Å². The van der Waals surface area contributed by atoms with Gasteiger partial charge >= 0.3 is 6.09 Å². The fourth-order valence-corrected chi connectivity index (χ4v) is 1.56. The van der Waals surface area contributed by atoms with E-state index in [1.165, 1.54) is 12.4 Å². The van der Waals surface area contributed by atoms with Crippen LogP contribution in [0.2, 0.25) is 0 Å². The predicted octanol–water partition coefficient (Wildman–Crippen LogP) is 1.44. The van der Waals surface area contributed by atoms with Gasteiger partial charge in [0, 0.05) is 19.2 Å². The SMILES string of the molecule is O=C(NCCC#Cc1c[nH]c(=O)cn1)OCc1ccccc1. The maximum absolute atomic E-state index is 11.5. The molecule has 0 saturated heterocycles. The first-order valence-electron chi connectivity index (χ1n) is 6.72. The van der Waals surface area contributed by atoms with Gasteiger partial charge < -0.3 is 15.0 Å². The molecular formula is C16H15N3O3. The number of hydrogen-bond acceptors (Lipinski definition) is 4. The second-order valence-corrected chi connectivity index (χ2v) is 4.34. The van der Waals surface area contributed by atoms with Gasteiger partial charge in [0.15, 0.2) is 0 Å². The Balaban J connectivity index is 1.65. The number of rotatable bonds is 4. The van der Waals surface area contributed by atoms with Gasteiger partial charge in [-0.25, -0.2) is 9.78 Å². The van der Waals surface area contributed by atoms with Crippen molar-refractivity contribution in [1.82, 2.24) is 15.3 Å². The van der Waals surface area contributed by atoms with Crippen molar-refractivity contribution >= 4 is 6.09 Å². The average molecular weight is 297 g/mol. The fraction of sp³-hybridized carbons (Fsp3) is 0.188. The number of benzene rings is 1. The summed E-state index contributed by atoms with van der Waals surface area (Å²) in [6.07, 6.45) is 2.59. The molecule has 0 spiro atoms. The number of alkyl carbamates (subject to hydrolysis) is 1. The molecule has 112 valence electrons. The number of ether oxygens (including phenoxy) is 1. The molecule has 0 atom stereocenters. The minimum atomic E-state index is -0.479. The first kappa shape index (κ1) is 15.3. The summed E-state index contributed by atoms with van der Waals surface area (Å²) in [5.41, 5.74) is 1.14. The summed E-state index contributed by atoms with van der Waals surface area (Å²) < 4.78 is 5.06. The predicted molar refractivity (Wildman–Crippen MR) is 81.0 cm³/mol. The van der Waals surface area contributed by atoms with Crippen LogP contribution in [0.3, 0.4) is 0 Å². The Morgan fingerprint density at radius 1 is 1.32 bits per heavy atom. The smallest absolute Gasteiger partial charge is 0.407 e. The van der Waals surface area contributed by atoms with Crippen molar-refractivity contribution in [3.05, 3.63) is 64.3 Å². The minimum Gasteiger partial charge on any atom is -0.445 e. The van der Waals surface area contributed by atoms with E-state index in [0.29, 0.717) is 18.7 Å². The van der Waals surface area contributed by atoms with E-state index in [0.717, 1.165) is 5.56 Å². The second-order valence-electron chi connectivity index (χ2n) is 4.34. The number of hydrogen-bond donors (Lipinski definition) is 2. The van der Waals surface area contributed by atoms with E-state index in [1.54, 1.807) is 0 Å². The van der Waals surface area contributed by atoms with Crippen molar-refractivity contribution in [3.63, 3.8) is 0 Å². The van der Waals surface area contributed by atoms with Gasteiger partial charge in [-0.3, -0.25) is 4.79 Å². The first-order valence-corrected chi connectivity index (χ1v) is 6.72. The molecule has 1 aromatic carbocycles. The van der Waals surface area contributed by atoms with E-state index < -0.39 is 6.09 Å². The number of nitrogens with zero attached hydrogens (tertiary/aromatic N) is 1. The van der Waals surface area contributed by atoms with E-state index in [4.69, 9.17) is 4.74 Å². The molecule has 1 heterocycles. The van der Waals surface area contributed by atoms with E-state index in [1.807, 2.05) is 30.3 Å². The van der Waals surface area contributed by atoms with Gasteiger partial charge in [-0.2, -0.15) is 0 Å². The van der Waals surface area contributed by atoms with E-state index >= 15 is 0 Å². The van der Waals surface area contributed by atoms with E-state index in [9.17, 15) is 9.59 Å². The summed E-state index contributed by atoms with van der Waals surface area (Å²) in [6, 6.07) is 9.44. The molecule has 1 amide bonds. The number of nitrogens with one attached hydrogen (secondary N) is 2. The zero-order valence-corrected chi connectivity index (χ0v) is 11.8. The highest BCUT2D eigenvalue weighted by Crippen LogP contribution is 2.00. The molecule has 0 bridgehead atoms.